The van der Waals surface area contributed by atoms with Crippen LogP contribution in [0.1, 0.15) is 20.0 Å². The Hall–Kier alpha value is -0.970. The lowest BCUT2D eigenvalue weighted by molar-refractivity contribution is 0.0819. The molecule has 5 heteroatoms. The molecule has 0 atom stereocenters. The Morgan fingerprint density at radius 2 is 1.76 bits per heavy atom. The summed E-state index contributed by atoms with van der Waals surface area (Å²) in [4.78, 5) is 24.2. The standard InChI is InChI=1S/C12H6BrClO2S/c13-10-6-5-9(17-10)12(16)11(15)7-3-1-2-4-8(7)14/h1-6H. The quantitative estimate of drug-likeness (QED) is 0.624. The van der Waals surface area contributed by atoms with Gasteiger partial charge in [-0.1, -0.05) is 23.7 Å². The van der Waals surface area contributed by atoms with Crippen LogP contribution in [0.2, 0.25) is 5.02 Å². The second-order valence-corrected chi connectivity index (χ2v) is 6.11. The maximum absolute atomic E-state index is 11.9. The Labute approximate surface area is 115 Å². The lowest BCUT2D eigenvalue weighted by Gasteiger charge is -2.00. The lowest BCUT2D eigenvalue weighted by Crippen LogP contribution is -2.13. The number of thiophene rings is 1. The van der Waals surface area contributed by atoms with Gasteiger partial charge in [-0.05, 0) is 40.2 Å². The van der Waals surface area contributed by atoms with Crippen molar-refractivity contribution in [3.05, 3.63) is 55.6 Å². The predicted octanol–water partition coefficient (Wildman–Crippen LogP) is 4.23. The molecule has 0 radical (unpaired) electrons. The third kappa shape index (κ3) is 2.65. The summed E-state index contributed by atoms with van der Waals surface area (Å²) in [6.45, 7) is 0. The van der Waals surface area contributed by atoms with Crippen molar-refractivity contribution in [2.45, 2.75) is 0 Å². The van der Waals surface area contributed by atoms with Crippen LogP contribution < -0.4 is 0 Å². The number of Topliss-reactive ketones (excluding diaryl/α,β-unsaturated/α-hetero) is 2. The van der Waals surface area contributed by atoms with Crippen LogP contribution in [0.25, 0.3) is 0 Å². The zero-order valence-electron chi connectivity index (χ0n) is 8.44. The maximum atomic E-state index is 11.9. The highest BCUT2D eigenvalue weighted by Crippen LogP contribution is 2.24. The van der Waals surface area contributed by atoms with Gasteiger partial charge in [-0.15, -0.1) is 11.3 Å². The lowest BCUT2D eigenvalue weighted by atomic mass is 10.1. The highest BCUT2D eigenvalue weighted by molar-refractivity contribution is 9.11. The molecule has 2 aromatic rings. The molecule has 0 unspecified atom stereocenters. The van der Waals surface area contributed by atoms with Gasteiger partial charge >= 0.3 is 0 Å². The maximum Gasteiger partial charge on any atom is 0.243 e. The average molecular weight is 330 g/mol. The van der Waals surface area contributed by atoms with E-state index in [0.717, 1.165) is 3.79 Å². The molecule has 1 aromatic carbocycles. The van der Waals surface area contributed by atoms with Crippen molar-refractivity contribution in [3.63, 3.8) is 0 Å². The first-order valence-corrected chi connectivity index (χ1v) is 6.67. The molecule has 0 spiro atoms. The van der Waals surface area contributed by atoms with Crippen LogP contribution in [0.15, 0.2) is 40.2 Å². The van der Waals surface area contributed by atoms with Crippen molar-refractivity contribution in [3.8, 4) is 0 Å². The third-order valence-corrected chi connectivity index (χ3v) is 4.07. The van der Waals surface area contributed by atoms with Gasteiger partial charge in [0.05, 0.1) is 13.7 Å². The minimum absolute atomic E-state index is 0.240. The van der Waals surface area contributed by atoms with E-state index in [9.17, 15) is 9.59 Å². The summed E-state index contributed by atoms with van der Waals surface area (Å²) in [6, 6.07) is 9.88. The number of rotatable bonds is 3. The molecule has 2 rings (SSSR count). The molecule has 2 nitrogen and oxygen atoms in total. The molecule has 0 aliphatic rings. The summed E-state index contributed by atoms with van der Waals surface area (Å²) < 4.78 is 0.813. The highest BCUT2D eigenvalue weighted by atomic mass is 79.9. The Morgan fingerprint density at radius 3 is 2.35 bits per heavy atom. The average Bonchev–Trinajstić information content (AvgIpc) is 2.75. The first kappa shape index (κ1) is 12.5. The highest BCUT2D eigenvalue weighted by Gasteiger charge is 2.21. The molecular formula is C12H6BrClO2S. The van der Waals surface area contributed by atoms with Gasteiger partial charge in [0.25, 0.3) is 0 Å². The zero-order chi connectivity index (χ0) is 12.4. The largest absolute Gasteiger partial charge is 0.285 e. The number of carbonyl (C=O) groups is 2. The molecule has 0 N–H and O–H groups in total. The van der Waals surface area contributed by atoms with Crippen molar-refractivity contribution in [1.82, 2.24) is 0 Å². The number of benzene rings is 1. The van der Waals surface area contributed by atoms with Gasteiger partial charge in [0, 0.05) is 5.56 Å². The summed E-state index contributed by atoms with van der Waals surface area (Å²) in [7, 11) is 0. The molecule has 1 heterocycles. The molecule has 0 bridgehead atoms. The Morgan fingerprint density at radius 1 is 1.06 bits per heavy atom. The minimum Gasteiger partial charge on any atom is -0.285 e. The fourth-order valence-electron chi connectivity index (χ4n) is 1.32. The van der Waals surface area contributed by atoms with E-state index in [1.807, 2.05) is 0 Å². The zero-order valence-corrected chi connectivity index (χ0v) is 11.6. The molecule has 0 aliphatic heterocycles. The second-order valence-electron chi connectivity index (χ2n) is 3.24. The number of carbonyl (C=O) groups excluding carboxylic acids is 2. The van der Waals surface area contributed by atoms with E-state index < -0.39 is 11.6 Å². The van der Waals surface area contributed by atoms with Gasteiger partial charge in [0.1, 0.15) is 0 Å². The van der Waals surface area contributed by atoms with Crippen LogP contribution >= 0.6 is 38.9 Å². The smallest absolute Gasteiger partial charge is 0.243 e. The van der Waals surface area contributed by atoms with Crippen LogP contribution in [0.5, 0.6) is 0 Å². The number of ketones is 2. The van der Waals surface area contributed by atoms with Crippen LogP contribution in [0, 0.1) is 0 Å². The van der Waals surface area contributed by atoms with E-state index in [2.05, 4.69) is 15.9 Å². The number of halogens is 2. The fraction of sp³-hybridized carbons (Fsp3) is 0. The molecule has 0 amide bonds. The molecule has 86 valence electrons. The van der Waals surface area contributed by atoms with E-state index >= 15 is 0 Å². The molecule has 17 heavy (non-hydrogen) atoms. The molecule has 0 fully saturated rings. The first-order valence-electron chi connectivity index (χ1n) is 4.68. The minimum atomic E-state index is -0.579. The van der Waals surface area contributed by atoms with Gasteiger partial charge in [-0.25, -0.2) is 0 Å². The Bertz CT molecular complexity index is 592. The molecular weight excluding hydrogens is 324 g/mol. The van der Waals surface area contributed by atoms with Crippen molar-refractivity contribution >= 4 is 50.4 Å². The van der Waals surface area contributed by atoms with E-state index in [1.54, 1.807) is 36.4 Å². The van der Waals surface area contributed by atoms with Crippen molar-refractivity contribution in [2.75, 3.05) is 0 Å². The van der Waals surface area contributed by atoms with Gasteiger partial charge in [-0.3, -0.25) is 9.59 Å². The number of hydrogen-bond donors (Lipinski definition) is 0. The molecule has 0 saturated heterocycles. The first-order chi connectivity index (χ1) is 8.09. The monoisotopic (exact) mass is 328 g/mol. The molecule has 0 saturated carbocycles. The van der Waals surface area contributed by atoms with Crippen molar-refractivity contribution < 1.29 is 9.59 Å². The normalized spacial score (nSPS) is 10.2. The van der Waals surface area contributed by atoms with Crippen LogP contribution in [0.3, 0.4) is 0 Å². The van der Waals surface area contributed by atoms with Crippen molar-refractivity contribution in [1.29, 1.82) is 0 Å². The van der Waals surface area contributed by atoms with Gasteiger partial charge in [0.2, 0.25) is 11.6 Å². The Kier molecular flexibility index (Phi) is 3.76. The van der Waals surface area contributed by atoms with Gasteiger partial charge < -0.3 is 0 Å². The second kappa shape index (κ2) is 5.12. The van der Waals surface area contributed by atoms with Crippen LogP contribution in [-0.4, -0.2) is 11.6 Å². The van der Waals surface area contributed by atoms with Gasteiger partial charge in [0.15, 0.2) is 0 Å². The summed E-state index contributed by atoms with van der Waals surface area (Å²) >= 11 is 10.4. The summed E-state index contributed by atoms with van der Waals surface area (Å²) in [5, 5.41) is 0.293. The summed E-state index contributed by atoms with van der Waals surface area (Å²) in [6.07, 6.45) is 0. The Balaban J connectivity index is 2.33. The fourth-order valence-corrected chi connectivity index (χ4v) is 2.86. The van der Waals surface area contributed by atoms with E-state index in [4.69, 9.17) is 11.6 Å². The van der Waals surface area contributed by atoms with Crippen LogP contribution in [0.4, 0.5) is 0 Å². The SMILES string of the molecule is O=C(C(=O)c1ccccc1Cl)c1ccc(Br)s1. The summed E-state index contributed by atoms with van der Waals surface area (Å²) in [5.41, 5.74) is 0.240. The van der Waals surface area contributed by atoms with Gasteiger partial charge in [-0.2, -0.15) is 0 Å². The molecule has 0 aliphatic carbocycles. The van der Waals surface area contributed by atoms with Crippen LogP contribution in [-0.2, 0) is 0 Å². The predicted molar refractivity (Wildman–Crippen MR) is 72.1 cm³/mol. The van der Waals surface area contributed by atoms with E-state index in [-0.39, 0.29) is 5.56 Å². The topological polar surface area (TPSA) is 34.1 Å². The van der Waals surface area contributed by atoms with Crippen molar-refractivity contribution in [2.24, 2.45) is 0 Å². The van der Waals surface area contributed by atoms with E-state index in [1.165, 1.54) is 11.3 Å². The third-order valence-electron chi connectivity index (χ3n) is 2.12. The molecule has 1 aromatic heterocycles. The number of hydrogen-bond acceptors (Lipinski definition) is 3. The van der Waals surface area contributed by atoms with E-state index in [0.29, 0.717) is 9.90 Å². The summed E-state index contributed by atoms with van der Waals surface area (Å²) in [5.74, 6) is -1.11.